The highest BCUT2D eigenvalue weighted by atomic mass is 35.5. The predicted octanol–water partition coefficient (Wildman–Crippen LogP) is 4.84. The Kier molecular flexibility index (Phi) is 4.92. The molecule has 1 N–H and O–H groups in total. The Morgan fingerprint density at radius 1 is 1.27 bits per heavy atom. The van der Waals surface area contributed by atoms with Crippen molar-refractivity contribution in [3.05, 3.63) is 65.3 Å². The van der Waals surface area contributed by atoms with Gasteiger partial charge in [-0.25, -0.2) is 9.50 Å². The number of nitrogens with zero attached hydrogens (tertiary/aromatic N) is 3. The van der Waals surface area contributed by atoms with Crippen LogP contribution >= 0.6 is 34.7 Å². The molecule has 0 atom stereocenters. The normalized spacial score (nSPS) is 11.0. The van der Waals surface area contributed by atoms with E-state index in [1.165, 1.54) is 11.8 Å². The highest BCUT2D eigenvalue weighted by molar-refractivity contribution is 8.00. The fourth-order valence-electron chi connectivity index (χ4n) is 2.42. The second kappa shape index (κ2) is 7.49. The SMILES string of the molecule is O=C(CSc1nccn2nc(-c3cccs3)cc12)Nc1ccc(Cl)cc1. The van der Waals surface area contributed by atoms with E-state index in [2.05, 4.69) is 15.4 Å². The highest BCUT2D eigenvalue weighted by Crippen LogP contribution is 2.28. The van der Waals surface area contributed by atoms with Crippen molar-refractivity contribution >= 4 is 51.8 Å². The van der Waals surface area contributed by atoms with Gasteiger partial charge in [0.2, 0.25) is 5.91 Å². The summed E-state index contributed by atoms with van der Waals surface area (Å²) in [6.45, 7) is 0. The summed E-state index contributed by atoms with van der Waals surface area (Å²) in [6.07, 6.45) is 3.50. The molecule has 3 heterocycles. The van der Waals surface area contributed by atoms with Crippen molar-refractivity contribution in [2.75, 3.05) is 11.1 Å². The van der Waals surface area contributed by atoms with Crippen molar-refractivity contribution in [3.63, 3.8) is 0 Å². The zero-order valence-corrected chi connectivity index (χ0v) is 15.8. The molecule has 5 nitrogen and oxygen atoms in total. The minimum atomic E-state index is -0.0980. The maximum atomic E-state index is 12.2. The first-order valence-corrected chi connectivity index (χ1v) is 10.00. The average Bonchev–Trinajstić information content (AvgIpc) is 3.31. The highest BCUT2D eigenvalue weighted by Gasteiger charge is 2.12. The number of hydrogen-bond acceptors (Lipinski definition) is 5. The molecule has 1 aromatic carbocycles. The molecule has 0 radical (unpaired) electrons. The van der Waals surface area contributed by atoms with Gasteiger partial charge in [-0.05, 0) is 41.8 Å². The first kappa shape index (κ1) is 17.1. The molecular weight excluding hydrogens is 388 g/mol. The number of aromatic nitrogens is 3. The van der Waals surface area contributed by atoms with E-state index in [-0.39, 0.29) is 11.7 Å². The van der Waals surface area contributed by atoms with Crippen LogP contribution in [-0.4, -0.2) is 26.3 Å². The Hall–Kier alpha value is -2.35. The average molecular weight is 401 g/mol. The van der Waals surface area contributed by atoms with Crippen molar-refractivity contribution in [2.45, 2.75) is 5.03 Å². The summed E-state index contributed by atoms with van der Waals surface area (Å²) in [5, 5.41) is 10.9. The Labute approximate surface area is 163 Å². The molecule has 3 aromatic heterocycles. The number of nitrogens with one attached hydrogen (secondary N) is 1. The molecule has 0 unspecified atom stereocenters. The zero-order valence-electron chi connectivity index (χ0n) is 13.4. The van der Waals surface area contributed by atoms with Crippen LogP contribution in [0, 0.1) is 0 Å². The lowest BCUT2D eigenvalue weighted by molar-refractivity contribution is -0.113. The van der Waals surface area contributed by atoms with Crippen molar-refractivity contribution < 1.29 is 4.79 Å². The molecule has 0 saturated carbocycles. The van der Waals surface area contributed by atoms with E-state index in [0.29, 0.717) is 5.02 Å². The van der Waals surface area contributed by atoms with Crippen molar-refractivity contribution in [1.29, 1.82) is 0 Å². The Balaban J connectivity index is 1.48. The van der Waals surface area contributed by atoms with E-state index in [0.717, 1.165) is 26.8 Å². The van der Waals surface area contributed by atoms with Crippen LogP contribution in [0.25, 0.3) is 16.1 Å². The van der Waals surface area contributed by atoms with E-state index >= 15 is 0 Å². The van der Waals surface area contributed by atoms with E-state index in [4.69, 9.17) is 11.6 Å². The number of hydrogen-bond donors (Lipinski definition) is 1. The number of benzene rings is 1. The van der Waals surface area contributed by atoms with E-state index in [1.807, 2.05) is 29.8 Å². The van der Waals surface area contributed by atoms with Crippen molar-refractivity contribution in [1.82, 2.24) is 14.6 Å². The summed E-state index contributed by atoms with van der Waals surface area (Å²) in [7, 11) is 0. The van der Waals surface area contributed by atoms with Gasteiger partial charge in [-0.15, -0.1) is 11.3 Å². The summed E-state index contributed by atoms with van der Waals surface area (Å²) in [5.41, 5.74) is 2.51. The lowest BCUT2D eigenvalue weighted by Gasteiger charge is -2.05. The van der Waals surface area contributed by atoms with Crippen LogP contribution in [0.1, 0.15) is 0 Å². The fourth-order valence-corrected chi connectivity index (χ4v) is 4.00. The first-order valence-electron chi connectivity index (χ1n) is 7.75. The number of amides is 1. The summed E-state index contributed by atoms with van der Waals surface area (Å²) >= 11 is 8.88. The molecule has 4 aromatic rings. The Morgan fingerprint density at radius 3 is 2.88 bits per heavy atom. The quantitative estimate of drug-likeness (QED) is 0.487. The van der Waals surface area contributed by atoms with Crippen LogP contribution in [-0.2, 0) is 4.79 Å². The monoisotopic (exact) mass is 400 g/mol. The van der Waals surface area contributed by atoms with Crippen LogP contribution < -0.4 is 5.32 Å². The number of thiophene rings is 1. The van der Waals surface area contributed by atoms with Gasteiger partial charge in [-0.2, -0.15) is 5.10 Å². The van der Waals surface area contributed by atoms with Crippen molar-refractivity contribution in [3.8, 4) is 10.6 Å². The molecule has 0 fully saturated rings. The molecule has 0 aliphatic carbocycles. The van der Waals surface area contributed by atoms with E-state index in [9.17, 15) is 4.79 Å². The van der Waals surface area contributed by atoms with Gasteiger partial charge in [-0.1, -0.05) is 29.4 Å². The van der Waals surface area contributed by atoms with Crippen LogP contribution in [0.15, 0.2) is 65.3 Å². The van der Waals surface area contributed by atoms with Crippen LogP contribution in [0.5, 0.6) is 0 Å². The standard InChI is InChI=1S/C18H13ClN4OS2/c19-12-3-5-13(6-4-12)21-17(24)11-26-18-15-10-14(16-2-1-9-25-16)22-23(15)8-7-20-18/h1-10H,11H2,(H,21,24). The smallest absolute Gasteiger partial charge is 0.234 e. The number of thioether (sulfide) groups is 1. The number of carbonyl (C=O) groups is 1. The summed E-state index contributed by atoms with van der Waals surface area (Å²) in [4.78, 5) is 17.7. The third-order valence-electron chi connectivity index (χ3n) is 3.60. The summed E-state index contributed by atoms with van der Waals surface area (Å²) in [5.74, 6) is 0.161. The minimum absolute atomic E-state index is 0.0980. The fraction of sp³-hybridized carbons (Fsp3) is 0.0556. The van der Waals surface area contributed by atoms with Gasteiger partial charge in [0.25, 0.3) is 0 Å². The molecule has 0 aliphatic rings. The van der Waals surface area contributed by atoms with E-state index in [1.54, 1.807) is 46.3 Å². The Bertz CT molecular complexity index is 1040. The lowest BCUT2D eigenvalue weighted by Crippen LogP contribution is -2.14. The number of halogens is 1. The molecule has 0 saturated heterocycles. The van der Waals surface area contributed by atoms with Crippen LogP contribution in [0.3, 0.4) is 0 Å². The number of carbonyl (C=O) groups excluding carboxylic acids is 1. The summed E-state index contributed by atoms with van der Waals surface area (Å²) in [6, 6.07) is 13.1. The molecule has 0 spiro atoms. The zero-order chi connectivity index (χ0) is 17.9. The molecule has 0 bridgehead atoms. The van der Waals surface area contributed by atoms with Gasteiger partial charge in [0.15, 0.2) is 0 Å². The summed E-state index contributed by atoms with van der Waals surface area (Å²) < 4.78 is 1.79. The molecule has 8 heteroatoms. The molecule has 26 heavy (non-hydrogen) atoms. The first-order chi connectivity index (χ1) is 12.7. The molecule has 1 amide bonds. The molecule has 130 valence electrons. The molecular formula is C18H13ClN4OS2. The third kappa shape index (κ3) is 3.75. The maximum Gasteiger partial charge on any atom is 0.234 e. The number of rotatable bonds is 5. The van der Waals surface area contributed by atoms with Gasteiger partial charge < -0.3 is 5.32 Å². The second-order valence-corrected chi connectivity index (χ2v) is 7.76. The third-order valence-corrected chi connectivity index (χ3v) is 5.73. The van der Waals surface area contributed by atoms with Gasteiger partial charge in [0, 0.05) is 23.1 Å². The van der Waals surface area contributed by atoms with E-state index < -0.39 is 0 Å². The predicted molar refractivity (Wildman–Crippen MR) is 107 cm³/mol. The largest absolute Gasteiger partial charge is 0.325 e. The minimum Gasteiger partial charge on any atom is -0.325 e. The molecule has 0 aliphatic heterocycles. The van der Waals surface area contributed by atoms with Gasteiger partial charge in [0.05, 0.1) is 16.1 Å². The van der Waals surface area contributed by atoms with Crippen LogP contribution in [0.4, 0.5) is 5.69 Å². The van der Waals surface area contributed by atoms with Gasteiger partial charge in [0.1, 0.15) is 10.7 Å². The van der Waals surface area contributed by atoms with Crippen molar-refractivity contribution in [2.24, 2.45) is 0 Å². The molecule has 4 rings (SSSR count). The van der Waals surface area contributed by atoms with Crippen LogP contribution in [0.2, 0.25) is 5.02 Å². The second-order valence-electron chi connectivity index (χ2n) is 5.41. The number of fused-ring (bicyclic) bond motifs is 1. The maximum absolute atomic E-state index is 12.2. The van der Waals surface area contributed by atoms with Gasteiger partial charge >= 0.3 is 0 Å². The topological polar surface area (TPSA) is 59.3 Å². The Morgan fingerprint density at radius 2 is 2.12 bits per heavy atom. The lowest BCUT2D eigenvalue weighted by atomic mass is 10.3. The van der Waals surface area contributed by atoms with Gasteiger partial charge in [-0.3, -0.25) is 4.79 Å². The number of anilines is 1.